The Hall–Kier alpha value is -1.80. The molecule has 2 rings (SSSR count). The van der Waals surface area contributed by atoms with E-state index in [9.17, 15) is 13.2 Å². The van der Waals surface area contributed by atoms with Gasteiger partial charge in [-0.25, -0.2) is 17.9 Å². The van der Waals surface area contributed by atoms with Gasteiger partial charge in [-0.15, -0.1) is 0 Å². The molecule has 0 radical (unpaired) electrons. The summed E-state index contributed by atoms with van der Waals surface area (Å²) >= 11 is 11.7. The predicted molar refractivity (Wildman–Crippen MR) is 99.5 cm³/mol. The molecule has 0 saturated heterocycles. The second-order valence-electron chi connectivity index (χ2n) is 5.19. The van der Waals surface area contributed by atoms with E-state index in [0.29, 0.717) is 28.8 Å². The highest BCUT2D eigenvalue weighted by molar-refractivity contribution is 7.89. The molecule has 26 heavy (non-hydrogen) atoms. The molecule has 0 fully saturated rings. The Morgan fingerprint density at radius 1 is 1.08 bits per heavy atom. The molecule has 1 N–H and O–H groups in total. The summed E-state index contributed by atoms with van der Waals surface area (Å²) in [6.07, 6.45) is 0.458. The number of sulfonamides is 1. The quantitative estimate of drug-likeness (QED) is 0.524. The third-order valence-electron chi connectivity index (χ3n) is 3.36. The third-order valence-corrected chi connectivity index (χ3v) is 5.57. The molecule has 6 nitrogen and oxygen atoms in total. The minimum Gasteiger partial charge on any atom is -0.493 e. The molecule has 2 aromatic carbocycles. The van der Waals surface area contributed by atoms with Gasteiger partial charge < -0.3 is 9.47 Å². The summed E-state index contributed by atoms with van der Waals surface area (Å²) < 4.78 is 36.9. The summed E-state index contributed by atoms with van der Waals surface area (Å²) in [6.45, 7) is 0.504. The second-order valence-corrected chi connectivity index (χ2v) is 7.77. The van der Waals surface area contributed by atoms with Crippen LogP contribution in [-0.4, -0.2) is 34.6 Å². The molecule has 0 aliphatic rings. The van der Waals surface area contributed by atoms with Gasteiger partial charge in [0.25, 0.3) is 0 Å². The van der Waals surface area contributed by atoms with Crippen LogP contribution in [0.1, 0.15) is 16.8 Å². The molecule has 0 amide bonds. The Kier molecular flexibility index (Phi) is 7.28. The van der Waals surface area contributed by atoms with Gasteiger partial charge >= 0.3 is 5.97 Å². The highest BCUT2D eigenvalue weighted by Gasteiger charge is 2.14. The van der Waals surface area contributed by atoms with Crippen LogP contribution in [0.3, 0.4) is 0 Å². The Balaban J connectivity index is 1.82. The van der Waals surface area contributed by atoms with Crippen LogP contribution in [0.15, 0.2) is 47.4 Å². The van der Waals surface area contributed by atoms with Gasteiger partial charge in [0.1, 0.15) is 5.75 Å². The van der Waals surface area contributed by atoms with Crippen LogP contribution in [0, 0.1) is 0 Å². The van der Waals surface area contributed by atoms with Crippen LogP contribution in [-0.2, 0) is 14.8 Å². The topological polar surface area (TPSA) is 81.7 Å². The van der Waals surface area contributed by atoms with E-state index in [1.807, 2.05) is 0 Å². The van der Waals surface area contributed by atoms with Crippen molar-refractivity contribution in [2.24, 2.45) is 0 Å². The van der Waals surface area contributed by atoms with Gasteiger partial charge in [-0.05, 0) is 42.8 Å². The van der Waals surface area contributed by atoms with Crippen LogP contribution in [0.2, 0.25) is 10.0 Å². The number of esters is 1. The first-order valence-corrected chi connectivity index (χ1v) is 9.83. The molecule has 140 valence electrons. The lowest BCUT2D eigenvalue weighted by molar-refractivity contribution is 0.0600. The number of ether oxygens (including phenoxy) is 2. The molecular weight excluding hydrogens is 401 g/mol. The Bertz CT molecular complexity index is 869. The van der Waals surface area contributed by atoms with Crippen molar-refractivity contribution in [3.8, 4) is 5.75 Å². The lowest BCUT2D eigenvalue weighted by Gasteiger charge is -2.09. The standard InChI is InChI=1S/C17H17Cl2NO5S/c1-24-17(21)12-3-6-14(7-4-12)26(22,23)20-9-2-10-25-13-5-8-15(18)16(19)11-13/h3-8,11,20H,2,9-10H2,1H3. The first-order chi connectivity index (χ1) is 12.3. The summed E-state index contributed by atoms with van der Waals surface area (Å²) in [4.78, 5) is 11.4. The number of nitrogens with one attached hydrogen (secondary N) is 1. The van der Waals surface area contributed by atoms with Crippen molar-refractivity contribution in [3.05, 3.63) is 58.1 Å². The summed E-state index contributed by atoms with van der Waals surface area (Å²) in [6, 6.07) is 10.4. The minimum atomic E-state index is -3.66. The van der Waals surface area contributed by atoms with Crippen molar-refractivity contribution in [2.75, 3.05) is 20.3 Å². The maximum atomic E-state index is 12.2. The van der Waals surface area contributed by atoms with E-state index < -0.39 is 16.0 Å². The average molecular weight is 418 g/mol. The molecule has 0 aliphatic heterocycles. The van der Waals surface area contributed by atoms with E-state index in [0.717, 1.165) is 0 Å². The molecule has 2 aromatic rings. The average Bonchev–Trinajstić information content (AvgIpc) is 2.63. The predicted octanol–water partition coefficient (Wildman–Crippen LogP) is 3.53. The molecule has 9 heteroatoms. The number of hydrogen-bond donors (Lipinski definition) is 1. The van der Waals surface area contributed by atoms with Gasteiger partial charge in [-0.3, -0.25) is 0 Å². The van der Waals surface area contributed by atoms with Crippen LogP contribution in [0.25, 0.3) is 0 Å². The second kappa shape index (κ2) is 9.23. The van der Waals surface area contributed by atoms with Crippen LogP contribution in [0.5, 0.6) is 5.75 Å². The molecule has 0 bridgehead atoms. The number of halogens is 2. The summed E-state index contributed by atoms with van der Waals surface area (Å²) in [5.41, 5.74) is 0.279. The lowest BCUT2D eigenvalue weighted by atomic mass is 10.2. The van der Waals surface area contributed by atoms with Gasteiger partial charge in [0.15, 0.2) is 0 Å². The molecule has 0 aliphatic carbocycles. The van der Waals surface area contributed by atoms with Gasteiger partial charge in [-0.1, -0.05) is 23.2 Å². The highest BCUT2D eigenvalue weighted by Crippen LogP contribution is 2.26. The molecule has 0 unspecified atom stereocenters. The van der Waals surface area contributed by atoms with Crippen LogP contribution < -0.4 is 9.46 Å². The van der Waals surface area contributed by atoms with E-state index in [1.54, 1.807) is 18.2 Å². The molecule has 0 saturated carbocycles. The van der Waals surface area contributed by atoms with Gasteiger partial charge in [0.2, 0.25) is 10.0 Å². The number of carbonyl (C=O) groups excluding carboxylic acids is 1. The molecule has 0 aromatic heterocycles. The maximum Gasteiger partial charge on any atom is 0.337 e. The van der Waals surface area contributed by atoms with Crippen molar-refractivity contribution in [3.63, 3.8) is 0 Å². The van der Waals surface area contributed by atoms with Crippen LogP contribution >= 0.6 is 23.2 Å². The van der Waals surface area contributed by atoms with E-state index in [1.165, 1.54) is 31.4 Å². The zero-order chi connectivity index (χ0) is 19.2. The normalized spacial score (nSPS) is 11.2. The van der Waals surface area contributed by atoms with Crippen molar-refractivity contribution < 1.29 is 22.7 Å². The van der Waals surface area contributed by atoms with Crippen molar-refractivity contribution >= 4 is 39.2 Å². The zero-order valence-electron chi connectivity index (χ0n) is 13.9. The van der Waals surface area contributed by atoms with Crippen LogP contribution in [0.4, 0.5) is 0 Å². The largest absolute Gasteiger partial charge is 0.493 e. The molecule has 0 atom stereocenters. The Labute approximate surface area is 162 Å². The highest BCUT2D eigenvalue weighted by atomic mass is 35.5. The number of rotatable bonds is 8. The monoisotopic (exact) mass is 417 g/mol. The summed E-state index contributed by atoms with van der Waals surface area (Å²) in [7, 11) is -2.40. The number of hydrogen-bond acceptors (Lipinski definition) is 5. The zero-order valence-corrected chi connectivity index (χ0v) is 16.2. The van der Waals surface area contributed by atoms with Gasteiger partial charge in [-0.2, -0.15) is 0 Å². The maximum absolute atomic E-state index is 12.2. The van der Waals surface area contributed by atoms with Crippen molar-refractivity contribution in [2.45, 2.75) is 11.3 Å². The lowest BCUT2D eigenvalue weighted by Crippen LogP contribution is -2.26. The first kappa shape index (κ1) is 20.5. The minimum absolute atomic E-state index is 0.0653. The number of carbonyl (C=O) groups is 1. The summed E-state index contributed by atoms with van der Waals surface area (Å²) in [5, 5.41) is 0.824. The fourth-order valence-electron chi connectivity index (χ4n) is 2.01. The molecule has 0 spiro atoms. The fraction of sp³-hybridized carbons (Fsp3) is 0.235. The molecular formula is C17H17Cl2NO5S. The van der Waals surface area contributed by atoms with E-state index in [2.05, 4.69) is 9.46 Å². The smallest absolute Gasteiger partial charge is 0.337 e. The van der Waals surface area contributed by atoms with E-state index >= 15 is 0 Å². The Morgan fingerprint density at radius 3 is 2.38 bits per heavy atom. The van der Waals surface area contributed by atoms with E-state index in [-0.39, 0.29) is 17.0 Å². The fourth-order valence-corrected chi connectivity index (χ4v) is 3.37. The van der Waals surface area contributed by atoms with Gasteiger partial charge in [0.05, 0.1) is 34.2 Å². The molecule has 0 heterocycles. The summed E-state index contributed by atoms with van der Waals surface area (Å²) in [5.74, 6) is 0.0296. The Morgan fingerprint density at radius 2 is 1.77 bits per heavy atom. The van der Waals surface area contributed by atoms with Crippen molar-refractivity contribution in [1.82, 2.24) is 4.72 Å². The van der Waals surface area contributed by atoms with Gasteiger partial charge in [0, 0.05) is 12.6 Å². The first-order valence-electron chi connectivity index (χ1n) is 7.59. The SMILES string of the molecule is COC(=O)c1ccc(S(=O)(=O)NCCCOc2ccc(Cl)c(Cl)c2)cc1. The van der Waals surface area contributed by atoms with E-state index in [4.69, 9.17) is 27.9 Å². The number of benzene rings is 2. The van der Waals surface area contributed by atoms with Crippen molar-refractivity contribution in [1.29, 1.82) is 0 Å². The number of methoxy groups -OCH3 is 1. The third kappa shape index (κ3) is 5.60.